The van der Waals surface area contributed by atoms with Crippen molar-refractivity contribution in [2.45, 2.75) is 32.1 Å². The SMILES string of the molecule is CC1=NC=NC2C1N=CN2C1C(=O)N(C)NC1=Nc1ccccc1C. The van der Waals surface area contributed by atoms with Gasteiger partial charge in [0.05, 0.1) is 12.0 Å². The standard InChI is InChI=1S/C17H19N7O/c1-10-6-4-5-7-12(10)21-15-14(17(25)23(3)22-15)24-9-20-13-11(2)18-8-19-16(13)24/h4-9,13-14,16H,1-3H3,(H,21,22). The van der Waals surface area contributed by atoms with E-state index in [0.29, 0.717) is 5.84 Å². The Morgan fingerprint density at radius 2 is 2.00 bits per heavy atom. The van der Waals surface area contributed by atoms with E-state index in [1.807, 2.05) is 43.0 Å². The number of amides is 1. The highest BCUT2D eigenvalue weighted by molar-refractivity contribution is 6.14. The molecule has 0 aromatic heterocycles. The third-order valence-electron chi connectivity index (χ3n) is 4.62. The minimum Gasteiger partial charge on any atom is -0.320 e. The van der Waals surface area contributed by atoms with Gasteiger partial charge < -0.3 is 4.90 Å². The van der Waals surface area contributed by atoms with Gasteiger partial charge in [-0.05, 0) is 25.5 Å². The van der Waals surface area contributed by atoms with Gasteiger partial charge in [0.15, 0.2) is 18.0 Å². The molecule has 0 radical (unpaired) electrons. The van der Waals surface area contributed by atoms with Gasteiger partial charge in [0.2, 0.25) is 0 Å². The van der Waals surface area contributed by atoms with Crippen molar-refractivity contribution in [1.29, 1.82) is 0 Å². The van der Waals surface area contributed by atoms with Gasteiger partial charge in [-0.3, -0.25) is 20.2 Å². The molecule has 0 bridgehead atoms. The Bertz CT molecular complexity index is 841. The lowest BCUT2D eigenvalue weighted by Gasteiger charge is -2.29. The molecule has 0 aliphatic carbocycles. The van der Waals surface area contributed by atoms with Gasteiger partial charge in [0, 0.05) is 12.8 Å². The number of nitrogens with zero attached hydrogens (tertiary/aromatic N) is 6. The number of carbonyl (C=O) groups is 1. The molecule has 128 valence electrons. The fourth-order valence-corrected chi connectivity index (χ4v) is 3.19. The van der Waals surface area contributed by atoms with Crippen LogP contribution in [0.25, 0.3) is 0 Å². The molecule has 3 heterocycles. The molecule has 3 aliphatic rings. The molecule has 1 aromatic rings. The molecule has 25 heavy (non-hydrogen) atoms. The summed E-state index contributed by atoms with van der Waals surface area (Å²) in [6.07, 6.45) is 2.96. The number of carbonyl (C=O) groups excluding carboxylic acids is 1. The summed E-state index contributed by atoms with van der Waals surface area (Å²) in [4.78, 5) is 32.4. The van der Waals surface area contributed by atoms with Crippen molar-refractivity contribution < 1.29 is 4.79 Å². The van der Waals surface area contributed by atoms with E-state index < -0.39 is 6.04 Å². The zero-order chi connectivity index (χ0) is 17.6. The van der Waals surface area contributed by atoms with Crippen LogP contribution in [0.15, 0.2) is 44.2 Å². The van der Waals surface area contributed by atoms with Gasteiger partial charge in [-0.15, -0.1) is 0 Å². The van der Waals surface area contributed by atoms with Crippen molar-refractivity contribution in [3.63, 3.8) is 0 Å². The maximum Gasteiger partial charge on any atom is 0.271 e. The smallest absolute Gasteiger partial charge is 0.271 e. The number of para-hydroxylation sites is 1. The first-order valence-corrected chi connectivity index (χ1v) is 8.11. The summed E-state index contributed by atoms with van der Waals surface area (Å²) in [6.45, 7) is 3.92. The molecule has 3 aliphatic heterocycles. The molecule has 8 nitrogen and oxygen atoms in total. The van der Waals surface area contributed by atoms with Crippen LogP contribution in [-0.2, 0) is 4.79 Å². The molecule has 1 aromatic carbocycles. The molecule has 3 atom stereocenters. The molecule has 1 saturated heterocycles. The van der Waals surface area contributed by atoms with Crippen molar-refractivity contribution in [2.75, 3.05) is 7.05 Å². The molecule has 1 amide bonds. The highest BCUT2D eigenvalue weighted by Gasteiger charge is 2.46. The number of aryl methyl sites for hydroxylation is 1. The third-order valence-corrected chi connectivity index (χ3v) is 4.62. The van der Waals surface area contributed by atoms with E-state index in [-0.39, 0.29) is 18.1 Å². The number of hydrazine groups is 1. The molecule has 1 N–H and O–H groups in total. The first kappa shape index (κ1) is 15.5. The van der Waals surface area contributed by atoms with Crippen LogP contribution in [0.3, 0.4) is 0 Å². The number of hydrogen-bond donors (Lipinski definition) is 1. The first-order valence-electron chi connectivity index (χ1n) is 8.11. The molecule has 3 unspecified atom stereocenters. The highest BCUT2D eigenvalue weighted by Crippen LogP contribution is 2.26. The van der Waals surface area contributed by atoms with E-state index in [4.69, 9.17) is 4.99 Å². The van der Waals surface area contributed by atoms with Gasteiger partial charge in [-0.2, -0.15) is 0 Å². The number of benzene rings is 1. The predicted octanol–water partition coefficient (Wildman–Crippen LogP) is 0.912. The van der Waals surface area contributed by atoms with E-state index in [1.165, 1.54) is 11.3 Å². The van der Waals surface area contributed by atoms with Gasteiger partial charge in [0.1, 0.15) is 12.4 Å². The van der Waals surface area contributed by atoms with Crippen LogP contribution in [0, 0.1) is 6.92 Å². The quantitative estimate of drug-likeness (QED) is 0.870. The third kappa shape index (κ3) is 2.50. The molecule has 4 rings (SSSR count). The Labute approximate surface area is 145 Å². The summed E-state index contributed by atoms with van der Waals surface area (Å²) < 4.78 is 0. The molecular weight excluding hydrogens is 318 g/mol. The monoisotopic (exact) mass is 337 g/mol. The first-order chi connectivity index (χ1) is 12.1. The van der Waals surface area contributed by atoms with Gasteiger partial charge in [-0.25, -0.2) is 15.0 Å². The Hall–Kier alpha value is -3.03. The van der Waals surface area contributed by atoms with Crippen LogP contribution < -0.4 is 5.43 Å². The minimum absolute atomic E-state index is 0.0881. The Morgan fingerprint density at radius 3 is 2.80 bits per heavy atom. The van der Waals surface area contributed by atoms with Crippen LogP contribution >= 0.6 is 0 Å². The summed E-state index contributed by atoms with van der Waals surface area (Å²) in [6, 6.07) is 7.09. The summed E-state index contributed by atoms with van der Waals surface area (Å²) in [5.74, 6) is 0.485. The van der Waals surface area contributed by atoms with Gasteiger partial charge >= 0.3 is 0 Å². The normalized spacial score (nSPS) is 29.2. The molecule has 0 saturated carbocycles. The average Bonchev–Trinajstić information content (AvgIpc) is 3.12. The maximum absolute atomic E-state index is 12.7. The van der Waals surface area contributed by atoms with Crippen LogP contribution in [0.5, 0.6) is 0 Å². The average molecular weight is 337 g/mol. The number of aliphatic imine (C=N–C) groups is 4. The van der Waals surface area contributed by atoms with E-state index >= 15 is 0 Å². The highest BCUT2D eigenvalue weighted by atomic mass is 16.2. The van der Waals surface area contributed by atoms with E-state index in [0.717, 1.165) is 17.0 Å². The number of nitrogens with one attached hydrogen (secondary N) is 1. The summed E-state index contributed by atoms with van der Waals surface area (Å²) in [5, 5.41) is 1.45. The lowest BCUT2D eigenvalue weighted by molar-refractivity contribution is -0.131. The Kier molecular flexibility index (Phi) is 3.60. The van der Waals surface area contributed by atoms with Crippen molar-refractivity contribution in [2.24, 2.45) is 20.0 Å². The predicted molar refractivity (Wildman–Crippen MR) is 97.5 cm³/mol. The van der Waals surface area contributed by atoms with Crippen molar-refractivity contribution in [1.82, 2.24) is 15.3 Å². The van der Waals surface area contributed by atoms with E-state index in [2.05, 4.69) is 20.4 Å². The van der Waals surface area contributed by atoms with E-state index in [1.54, 1.807) is 13.4 Å². The number of hydrogen-bond acceptors (Lipinski definition) is 6. The lowest BCUT2D eigenvalue weighted by atomic mass is 10.1. The largest absolute Gasteiger partial charge is 0.320 e. The zero-order valence-corrected chi connectivity index (χ0v) is 14.3. The summed E-state index contributed by atoms with van der Waals surface area (Å²) in [7, 11) is 1.69. The van der Waals surface area contributed by atoms with Gasteiger partial charge in [-0.1, -0.05) is 18.2 Å². The second-order valence-electron chi connectivity index (χ2n) is 6.30. The minimum atomic E-state index is -0.577. The Morgan fingerprint density at radius 1 is 1.20 bits per heavy atom. The van der Waals surface area contributed by atoms with Crippen molar-refractivity contribution >= 4 is 35.8 Å². The van der Waals surface area contributed by atoms with Crippen molar-refractivity contribution in [3.05, 3.63) is 29.8 Å². The second kappa shape index (κ2) is 5.80. The van der Waals surface area contributed by atoms with Crippen LogP contribution in [0.2, 0.25) is 0 Å². The van der Waals surface area contributed by atoms with Crippen LogP contribution in [-0.4, -0.2) is 65.3 Å². The zero-order valence-electron chi connectivity index (χ0n) is 14.3. The molecule has 0 spiro atoms. The Balaban J connectivity index is 1.71. The van der Waals surface area contributed by atoms with Crippen LogP contribution in [0.1, 0.15) is 12.5 Å². The number of likely N-dealkylation sites (N-methyl/N-ethyl adjacent to an activating group) is 1. The number of amidine groups is 1. The topological polar surface area (TPSA) is 85.0 Å². The fraction of sp³-hybridized carbons (Fsp3) is 0.353. The fourth-order valence-electron chi connectivity index (χ4n) is 3.19. The van der Waals surface area contributed by atoms with Crippen molar-refractivity contribution in [3.8, 4) is 0 Å². The molecule has 1 fully saturated rings. The lowest BCUT2D eigenvalue weighted by Crippen LogP contribution is -2.50. The van der Waals surface area contributed by atoms with E-state index in [9.17, 15) is 4.79 Å². The molecular formula is C17H19N7O. The van der Waals surface area contributed by atoms with Gasteiger partial charge in [0.25, 0.3) is 5.91 Å². The summed E-state index contributed by atoms with van der Waals surface area (Å²) in [5.41, 5.74) is 5.83. The second-order valence-corrected chi connectivity index (χ2v) is 6.30. The molecule has 8 heteroatoms. The number of fused-ring (bicyclic) bond motifs is 1. The number of rotatable bonds is 2. The van der Waals surface area contributed by atoms with Crippen LogP contribution in [0.4, 0.5) is 5.69 Å². The maximum atomic E-state index is 12.7. The summed E-state index contributed by atoms with van der Waals surface area (Å²) >= 11 is 0.